The fourth-order valence-corrected chi connectivity index (χ4v) is 2.21. The maximum absolute atomic E-state index is 8.83. The second-order valence-corrected chi connectivity index (χ2v) is 4.93. The van der Waals surface area contributed by atoms with Crippen molar-refractivity contribution in [2.45, 2.75) is 26.4 Å². The third-order valence-electron chi connectivity index (χ3n) is 1.31. The maximum Gasteiger partial charge on any atom is 0.0966 e. The number of aromatic nitrogens is 1. The Hall–Kier alpha value is 0.0700. The van der Waals surface area contributed by atoms with E-state index in [0.29, 0.717) is 5.92 Å². The molecular weight excluding hydrogens is 226 g/mol. The van der Waals surface area contributed by atoms with Crippen molar-refractivity contribution < 1.29 is 5.11 Å². The highest BCUT2D eigenvalue weighted by Crippen LogP contribution is 2.29. The zero-order chi connectivity index (χ0) is 8.43. The summed E-state index contributed by atoms with van der Waals surface area (Å²) < 4.78 is 0.948. The molecular formula is C7H10BrNOS. The molecule has 11 heavy (non-hydrogen) atoms. The molecule has 1 aromatic rings. The summed E-state index contributed by atoms with van der Waals surface area (Å²) in [7, 11) is 0. The highest BCUT2D eigenvalue weighted by molar-refractivity contribution is 9.11. The lowest BCUT2D eigenvalue weighted by molar-refractivity contribution is 0.276. The molecule has 1 N–H and O–H groups in total. The third-order valence-corrected chi connectivity index (χ3v) is 3.44. The van der Waals surface area contributed by atoms with Gasteiger partial charge in [-0.05, 0) is 15.9 Å². The van der Waals surface area contributed by atoms with Crippen LogP contribution in [0.15, 0.2) is 3.79 Å². The monoisotopic (exact) mass is 235 g/mol. The Bertz CT molecular complexity index is 247. The summed E-state index contributed by atoms with van der Waals surface area (Å²) in [5.41, 5.74) is 0.749. The third kappa shape index (κ3) is 2.01. The Balaban J connectivity index is 2.95. The smallest absolute Gasteiger partial charge is 0.0966 e. The van der Waals surface area contributed by atoms with Gasteiger partial charge in [0.25, 0.3) is 0 Å². The molecule has 0 unspecified atom stereocenters. The highest BCUT2D eigenvalue weighted by atomic mass is 79.9. The van der Waals surface area contributed by atoms with Gasteiger partial charge in [0.15, 0.2) is 0 Å². The Labute approximate surface area is 78.4 Å². The summed E-state index contributed by atoms with van der Waals surface area (Å²) in [4.78, 5) is 4.25. The largest absolute Gasteiger partial charge is 0.390 e. The molecule has 0 amide bonds. The molecule has 0 aromatic carbocycles. The first-order valence-corrected chi connectivity index (χ1v) is 5.02. The van der Waals surface area contributed by atoms with Gasteiger partial charge in [-0.2, -0.15) is 0 Å². The minimum atomic E-state index is 0.0177. The zero-order valence-corrected chi connectivity index (χ0v) is 8.87. The molecule has 4 heteroatoms. The SMILES string of the molecule is CC(C)c1nc(CO)c(Br)s1. The molecule has 1 heterocycles. The van der Waals surface area contributed by atoms with Gasteiger partial charge in [-0.3, -0.25) is 0 Å². The quantitative estimate of drug-likeness (QED) is 0.855. The van der Waals surface area contributed by atoms with Crippen molar-refractivity contribution in [1.29, 1.82) is 0 Å². The molecule has 0 saturated carbocycles. The fourth-order valence-electron chi connectivity index (χ4n) is 0.695. The summed E-state index contributed by atoms with van der Waals surface area (Å²) in [5, 5.41) is 9.90. The number of rotatable bonds is 2. The van der Waals surface area contributed by atoms with Gasteiger partial charge in [-0.25, -0.2) is 4.98 Å². The number of halogens is 1. The topological polar surface area (TPSA) is 33.1 Å². The van der Waals surface area contributed by atoms with E-state index in [4.69, 9.17) is 5.11 Å². The molecule has 0 fully saturated rings. The summed E-state index contributed by atoms with van der Waals surface area (Å²) in [6, 6.07) is 0. The molecule has 0 atom stereocenters. The van der Waals surface area contributed by atoms with E-state index in [0.717, 1.165) is 14.5 Å². The van der Waals surface area contributed by atoms with Gasteiger partial charge in [-0.15, -0.1) is 11.3 Å². The molecule has 0 spiro atoms. The van der Waals surface area contributed by atoms with E-state index in [1.165, 1.54) is 0 Å². The van der Waals surface area contributed by atoms with Crippen molar-refractivity contribution in [2.24, 2.45) is 0 Å². The number of hydrogen-bond donors (Lipinski definition) is 1. The van der Waals surface area contributed by atoms with Crippen LogP contribution in [0, 0.1) is 0 Å². The predicted molar refractivity (Wildman–Crippen MR) is 49.8 cm³/mol. The average Bonchev–Trinajstić information content (AvgIpc) is 2.31. The Morgan fingerprint density at radius 3 is 2.55 bits per heavy atom. The molecule has 0 bridgehead atoms. The molecule has 1 aromatic heterocycles. The molecule has 0 aliphatic heterocycles. The van der Waals surface area contributed by atoms with Crippen molar-refractivity contribution in [3.8, 4) is 0 Å². The van der Waals surface area contributed by atoms with E-state index >= 15 is 0 Å². The highest BCUT2D eigenvalue weighted by Gasteiger charge is 2.09. The van der Waals surface area contributed by atoms with Crippen LogP contribution in [-0.4, -0.2) is 10.1 Å². The van der Waals surface area contributed by atoms with E-state index in [9.17, 15) is 0 Å². The number of aliphatic hydroxyl groups excluding tert-OH is 1. The first-order chi connectivity index (χ1) is 5.15. The fraction of sp³-hybridized carbons (Fsp3) is 0.571. The second kappa shape index (κ2) is 3.65. The maximum atomic E-state index is 8.83. The van der Waals surface area contributed by atoms with Crippen LogP contribution in [0.3, 0.4) is 0 Å². The summed E-state index contributed by atoms with van der Waals surface area (Å²) in [5.74, 6) is 0.441. The number of aliphatic hydroxyl groups is 1. The molecule has 0 saturated heterocycles. The van der Waals surface area contributed by atoms with Crippen LogP contribution < -0.4 is 0 Å². The molecule has 0 aliphatic carbocycles. The second-order valence-electron chi connectivity index (χ2n) is 2.59. The molecule has 62 valence electrons. The van der Waals surface area contributed by atoms with Gasteiger partial charge < -0.3 is 5.11 Å². The minimum absolute atomic E-state index is 0.0177. The number of nitrogens with zero attached hydrogens (tertiary/aromatic N) is 1. The lowest BCUT2D eigenvalue weighted by Gasteiger charge is -1.94. The Kier molecular flexibility index (Phi) is 3.04. The van der Waals surface area contributed by atoms with Crippen LogP contribution in [0.4, 0.5) is 0 Å². The number of hydrogen-bond acceptors (Lipinski definition) is 3. The van der Waals surface area contributed by atoms with Crippen LogP contribution >= 0.6 is 27.3 Å². The predicted octanol–water partition coefficient (Wildman–Crippen LogP) is 2.52. The first-order valence-electron chi connectivity index (χ1n) is 3.41. The van der Waals surface area contributed by atoms with Gasteiger partial charge in [0.1, 0.15) is 0 Å². The van der Waals surface area contributed by atoms with Crippen LogP contribution in [0.1, 0.15) is 30.5 Å². The van der Waals surface area contributed by atoms with Crippen molar-refractivity contribution >= 4 is 27.3 Å². The van der Waals surface area contributed by atoms with Gasteiger partial charge in [0, 0.05) is 5.92 Å². The van der Waals surface area contributed by atoms with E-state index in [2.05, 4.69) is 34.8 Å². The van der Waals surface area contributed by atoms with Crippen molar-refractivity contribution in [3.63, 3.8) is 0 Å². The van der Waals surface area contributed by atoms with Gasteiger partial charge in [0.2, 0.25) is 0 Å². The van der Waals surface area contributed by atoms with Crippen LogP contribution in [-0.2, 0) is 6.61 Å². The summed E-state index contributed by atoms with van der Waals surface area (Å²) in [6.07, 6.45) is 0. The molecule has 2 nitrogen and oxygen atoms in total. The minimum Gasteiger partial charge on any atom is -0.390 e. The average molecular weight is 236 g/mol. The van der Waals surface area contributed by atoms with Gasteiger partial charge in [0.05, 0.1) is 21.1 Å². The first kappa shape index (κ1) is 9.16. The Morgan fingerprint density at radius 1 is 1.64 bits per heavy atom. The van der Waals surface area contributed by atoms with E-state index < -0.39 is 0 Å². The van der Waals surface area contributed by atoms with Crippen LogP contribution in [0.2, 0.25) is 0 Å². The molecule has 0 aliphatic rings. The van der Waals surface area contributed by atoms with Crippen LogP contribution in [0.25, 0.3) is 0 Å². The van der Waals surface area contributed by atoms with Crippen molar-refractivity contribution in [3.05, 3.63) is 14.5 Å². The van der Waals surface area contributed by atoms with Gasteiger partial charge >= 0.3 is 0 Å². The Morgan fingerprint density at radius 2 is 2.27 bits per heavy atom. The summed E-state index contributed by atoms with van der Waals surface area (Å²) in [6.45, 7) is 4.20. The normalized spacial score (nSPS) is 11.0. The molecule has 0 radical (unpaired) electrons. The van der Waals surface area contributed by atoms with E-state index in [1.807, 2.05) is 0 Å². The summed E-state index contributed by atoms with van der Waals surface area (Å²) >= 11 is 4.93. The van der Waals surface area contributed by atoms with Gasteiger partial charge in [-0.1, -0.05) is 13.8 Å². The molecule has 1 rings (SSSR count). The number of thiazole rings is 1. The van der Waals surface area contributed by atoms with E-state index in [-0.39, 0.29) is 6.61 Å². The van der Waals surface area contributed by atoms with Crippen LogP contribution in [0.5, 0.6) is 0 Å². The van der Waals surface area contributed by atoms with E-state index in [1.54, 1.807) is 11.3 Å². The standard InChI is InChI=1S/C7H10BrNOS/c1-4(2)7-9-5(3-10)6(8)11-7/h4,10H,3H2,1-2H3. The van der Waals surface area contributed by atoms with Crippen molar-refractivity contribution in [1.82, 2.24) is 4.98 Å². The van der Waals surface area contributed by atoms with Crippen molar-refractivity contribution in [2.75, 3.05) is 0 Å². The zero-order valence-electron chi connectivity index (χ0n) is 6.47. The lowest BCUT2D eigenvalue weighted by Crippen LogP contribution is -1.88. The lowest BCUT2D eigenvalue weighted by atomic mass is 10.2.